The molecule has 2 unspecified atom stereocenters. The molecule has 39 heavy (non-hydrogen) atoms. The molecule has 3 aliphatic heterocycles. The van der Waals surface area contributed by atoms with Crippen LogP contribution in [0.3, 0.4) is 0 Å². The van der Waals surface area contributed by atoms with Gasteiger partial charge in [-0.25, -0.2) is 4.39 Å². The molecule has 2 bridgehead atoms. The van der Waals surface area contributed by atoms with E-state index in [0.29, 0.717) is 47.4 Å². The van der Waals surface area contributed by atoms with Crippen LogP contribution in [0, 0.1) is 17.7 Å². The van der Waals surface area contributed by atoms with Crippen LogP contribution < -0.4 is 15.0 Å². The summed E-state index contributed by atoms with van der Waals surface area (Å²) < 4.78 is 22.7. The van der Waals surface area contributed by atoms with Gasteiger partial charge in [-0.15, -0.1) is 0 Å². The molecule has 2 N–H and O–H groups in total. The average Bonchev–Trinajstić information content (AvgIpc) is 3.50. The van der Waals surface area contributed by atoms with Gasteiger partial charge in [0.1, 0.15) is 29.4 Å². The number of pyridine rings is 1. The molecule has 8 rings (SSSR count). The summed E-state index contributed by atoms with van der Waals surface area (Å²) in [5.41, 5.74) is 0.879. The van der Waals surface area contributed by atoms with E-state index in [1.54, 1.807) is 18.3 Å². The third kappa shape index (κ3) is 3.90. The first-order valence-corrected chi connectivity index (χ1v) is 13.9. The highest BCUT2D eigenvalue weighted by molar-refractivity contribution is 5.99. The molecular formula is C30H31FN6O2. The molecule has 5 heterocycles. The summed E-state index contributed by atoms with van der Waals surface area (Å²) in [7, 11) is 2.14. The zero-order valence-electron chi connectivity index (χ0n) is 21.8. The number of phenolic OH excluding ortho intramolecular Hbond substituents is 1. The zero-order valence-corrected chi connectivity index (χ0v) is 21.8. The van der Waals surface area contributed by atoms with Crippen molar-refractivity contribution in [3.05, 3.63) is 48.4 Å². The second-order valence-corrected chi connectivity index (χ2v) is 11.7. The lowest BCUT2D eigenvalue weighted by Crippen LogP contribution is -2.51. The van der Waals surface area contributed by atoms with Crippen LogP contribution in [0.15, 0.2) is 42.6 Å². The highest BCUT2D eigenvalue weighted by Gasteiger charge is 2.51. The number of hydrogen-bond donors (Lipinski definition) is 2. The summed E-state index contributed by atoms with van der Waals surface area (Å²) >= 11 is 0. The average molecular weight is 527 g/mol. The van der Waals surface area contributed by atoms with Gasteiger partial charge in [-0.2, -0.15) is 9.97 Å². The number of benzene rings is 2. The van der Waals surface area contributed by atoms with Gasteiger partial charge < -0.3 is 20.1 Å². The van der Waals surface area contributed by atoms with E-state index in [4.69, 9.17) is 9.72 Å². The number of likely N-dealkylation sites (N-methyl/N-ethyl adjacent to an activating group) is 1. The van der Waals surface area contributed by atoms with E-state index in [-0.39, 0.29) is 23.0 Å². The molecule has 0 radical (unpaired) electrons. The normalized spacial score (nSPS) is 27.8. The van der Waals surface area contributed by atoms with Crippen LogP contribution in [0.2, 0.25) is 0 Å². The van der Waals surface area contributed by atoms with Gasteiger partial charge in [0.2, 0.25) is 0 Å². The van der Waals surface area contributed by atoms with Gasteiger partial charge in [0, 0.05) is 49.5 Å². The molecule has 1 aliphatic carbocycles. The molecule has 9 heteroatoms. The van der Waals surface area contributed by atoms with Crippen molar-refractivity contribution in [2.75, 3.05) is 38.2 Å². The number of likely N-dealkylation sites (tertiary alicyclic amines) is 1. The minimum absolute atomic E-state index is 0.0627. The molecule has 1 saturated carbocycles. The summed E-state index contributed by atoms with van der Waals surface area (Å²) in [6.45, 7) is 3.20. The Morgan fingerprint density at radius 1 is 1.08 bits per heavy atom. The minimum Gasteiger partial charge on any atom is -0.508 e. The Morgan fingerprint density at radius 3 is 2.69 bits per heavy atom. The second-order valence-electron chi connectivity index (χ2n) is 11.7. The van der Waals surface area contributed by atoms with Crippen molar-refractivity contribution in [3.8, 4) is 23.0 Å². The van der Waals surface area contributed by atoms with Crippen molar-refractivity contribution in [2.45, 2.75) is 37.4 Å². The van der Waals surface area contributed by atoms with Crippen molar-refractivity contribution < 1.29 is 14.2 Å². The first-order valence-electron chi connectivity index (χ1n) is 13.9. The number of halogens is 1. The maximum absolute atomic E-state index is 16.5. The van der Waals surface area contributed by atoms with E-state index in [1.165, 1.54) is 6.42 Å². The van der Waals surface area contributed by atoms with E-state index >= 15 is 4.39 Å². The van der Waals surface area contributed by atoms with Gasteiger partial charge in [0.15, 0.2) is 5.82 Å². The van der Waals surface area contributed by atoms with E-state index in [9.17, 15) is 5.11 Å². The number of fused-ring (bicyclic) bond motifs is 5. The van der Waals surface area contributed by atoms with Gasteiger partial charge >= 0.3 is 6.01 Å². The molecule has 5 atom stereocenters. The third-order valence-corrected chi connectivity index (χ3v) is 9.20. The number of ether oxygens (including phenoxy) is 1. The van der Waals surface area contributed by atoms with E-state index in [2.05, 4.69) is 32.1 Å². The quantitative estimate of drug-likeness (QED) is 0.404. The zero-order chi connectivity index (χ0) is 26.2. The van der Waals surface area contributed by atoms with Gasteiger partial charge in [0.25, 0.3) is 0 Å². The van der Waals surface area contributed by atoms with Crippen LogP contribution >= 0.6 is 0 Å². The number of nitrogens with one attached hydrogen (secondary N) is 1. The Balaban J connectivity index is 1.25. The van der Waals surface area contributed by atoms with Gasteiger partial charge in [-0.1, -0.05) is 24.3 Å². The smallest absolute Gasteiger partial charge is 0.319 e. The summed E-state index contributed by atoms with van der Waals surface area (Å²) in [6.07, 6.45) is 5.19. The number of rotatable bonds is 5. The maximum Gasteiger partial charge on any atom is 0.319 e. The molecule has 4 fully saturated rings. The van der Waals surface area contributed by atoms with E-state index < -0.39 is 5.82 Å². The summed E-state index contributed by atoms with van der Waals surface area (Å²) in [5.74, 6) is 1.65. The lowest BCUT2D eigenvalue weighted by Gasteiger charge is -2.34. The molecule has 4 aliphatic rings. The van der Waals surface area contributed by atoms with Crippen LogP contribution in [0.4, 0.5) is 10.2 Å². The monoisotopic (exact) mass is 526 g/mol. The molecule has 8 nitrogen and oxygen atoms in total. The molecular weight excluding hydrogens is 495 g/mol. The predicted molar refractivity (Wildman–Crippen MR) is 148 cm³/mol. The molecule has 200 valence electrons. The number of nitrogens with zero attached hydrogens (tertiary/aromatic N) is 5. The largest absolute Gasteiger partial charge is 0.508 e. The first-order chi connectivity index (χ1) is 19.0. The highest BCUT2D eigenvalue weighted by atomic mass is 19.1. The fraction of sp³-hybridized carbons (Fsp3) is 0.433. The van der Waals surface area contributed by atoms with Crippen molar-refractivity contribution in [1.29, 1.82) is 0 Å². The first kappa shape index (κ1) is 23.3. The van der Waals surface area contributed by atoms with Crippen LogP contribution in [0.1, 0.15) is 19.3 Å². The molecule has 4 aromatic rings. The standard InChI is InChI=1S/C30H31FN6O2/c1-36-12-17-9-22(17)25(36)15-39-30-34-28-24(29(35-30)37-13-18-6-7-19(14-37)33-18)11-32-27(26(28)31)23-10-20(38)8-16-4-2-3-5-21(16)23/h2-5,8,10-11,17-19,22,25,33,38H,6-7,9,12-15H2,1H3/t17-,18?,19?,22-,25-/m1/s1. The summed E-state index contributed by atoms with van der Waals surface area (Å²) in [4.78, 5) is 18.7. The Hall–Kier alpha value is -3.56. The number of phenols is 1. The van der Waals surface area contributed by atoms with Crippen LogP contribution in [0.5, 0.6) is 11.8 Å². The van der Waals surface area contributed by atoms with Crippen LogP contribution in [-0.4, -0.2) is 76.4 Å². The van der Waals surface area contributed by atoms with E-state index in [1.807, 2.05) is 24.3 Å². The number of piperazine rings is 1. The highest BCUT2D eigenvalue weighted by Crippen LogP contribution is 2.49. The van der Waals surface area contributed by atoms with E-state index in [0.717, 1.165) is 49.2 Å². The Morgan fingerprint density at radius 2 is 1.90 bits per heavy atom. The minimum atomic E-state index is -0.532. The van der Waals surface area contributed by atoms with Crippen LogP contribution in [0.25, 0.3) is 32.9 Å². The molecule has 2 aromatic heterocycles. The van der Waals surface area contributed by atoms with Gasteiger partial charge in [0.05, 0.1) is 5.39 Å². The fourth-order valence-electron chi connectivity index (χ4n) is 7.17. The van der Waals surface area contributed by atoms with Crippen molar-refractivity contribution in [1.82, 2.24) is 25.2 Å². The molecule has 2 aromatic carbocycles. The van der Waals surface area contributed by atoms with Crippen molar-refractivity contribution in [3.63, 3.8) is 0 Å². The second kappa shape index (κ2) is 8.72. The lowest BCUT2D eigenvalue weighted by molar-refractivity contribution is 0.167. The maximum atomic E-state index is 16.5. The predicted octanol–water partition coefficient (Wildman–Crippen LogP) is 3.96. The van der Waals surface area contributed by atoms with Gasteiger partial charge in [-0.3, -0.25) is 9.88 Å². The molecule has 0 amide bonds. The topological polar surface area (TPSA) is 86.6 Å². The number of anilines is 1. The Labute approximate surface area is 225 Å². The summed E-state index contributed by atoms with van der Waals surface area (Å²) in [5, 5.41) is 16.3. The number of aromatic hydroxyl groups is 1. The SMILES string of the molecule is CN1C[C@H]2C[C@H]2[C@H]1COc1nc(N2CC3CCC(C2)N3)c2cnc(-c3cc(O)cc4ccccc34)c(F)c2n1. The lowest BCUT2D eigenvalue weighted by atomic mass is 10.0. The molecule has 3 saturated heterocycles. The Kier molecular flexibility index (Phi) is 5.22. The van der Waals surface area contributed by atoms with Crippen molar-refractivity contribution >= 4 is 27.5 Å². The van der Waals surface area contributed by atoms with Gasteiger partial charge in [-0.05, 0) is 61.1 Å². The van der Waals surface area contributed by atoms with Crippen LogP contribution in [-0.2, 0) is 0 Å². The third-order valence-electron chi connectivity index (χ3n) is 9.20. The fourth-order valence-corrected chi connectivity index (χ4v) is 7.17. The number of piperidine rings is 1. The Bertz CT molecular complexity index is 1600. The van der Waals surface area contributed by atoms with Crippen molar-refractivity contribution in [2.24, 2.45) is 11.8 Å². The number of aromatic nitrogens is 3. The molecule has 0 spiro atoms. The number of hydrogen-bond acceptors (Lipinski definition) is 8. The summed E-state index contributed by atoms with van der Waals surface area (Å²) in [6, 6.07) is 12.2.